The molecule has 7 aromatic rings. The zero-order valence-corrected chi connectivity index (χ0v) is 26.7. The van der Waals surface area contributed by atoms with Gasteiger partial charge in [-0.15, -0.1) is 0 Å². The molecule has 0 fully saturated rings. The molecule has 0 atom stereocenters. The number of aryl methyl sites for hydroxylation is 1. The Kier molecular flexibility index (Phi) is 9.86. The van der Waals surface area contributed by atoms with Crippen LogP contribution in [0.3, 0.4) is 0 Å². The Morgan fingerprint density at radius 2 is 1.50 bits per heavy atom. The number of amides is 2. The summed E-state index contributed by atoms with van der Waals surface area (Å²) >= 11 is 0. The molecule has 0 aliphatic rings. The van der Waals surface area contributed by atoms with E-state index in [0.29, 0.717) is 28.4 Å². The molecule has 14 nitrogen and oxygen atoms in total. The van der Waals surface area contributed by atoms with E-state index in [1.165, 1.54) is 6.20 Å². The van der Waals surface area contributed by atoms with Crippen LogP contribution in [0.2, 0.25) is 0 Å². The van der Waals surface area contributed by atoms with Crippen LogP contribution < -0.4 is 11.1 Å². The van der Waals surface area contributed by atoms with Gasteiger partial charge in [-0.1, -0.05) is 0 Å². The number of fused-ring (bicyclic) bond motifs is 1. The zero-order chi connectivity index (χ0) is 34.9. The van der Waals surface area contributed by atoms with E-state index in [9.17, 15) is 14.9 Å². The average molecular weight is 661 g/mol. The van der Waals surface area contributed by atoms with E-state index in [4.69, 9.17) is 5.73 Å². The highest BCUT2D eigenvalue weighted by atomic mass is 16.2. The minimum atomic E-state index is -0.389. The summed E-state index contributed by atoms with van der Waals surface area (Å²) in [6, 6.07) is 15.0. The molecule has 0 bridgehead atoms. The maximum Gasteiger partial charge on any atom is 0.245 e. The first-order valence-electron chi connectivity index (χ1n) is 15.2. The summed E-state index contributed by atoms with van der Waals surface area (Å²) in [7, 11) is 0. The van der Waals surface area contributed by atoms with Crippen LogP contribution in [-0.4, -0.2) is 56.3 Å². The molecular formula is C36H28N12O2. The monoisotopic (exact) mass is 660 g/mol. The Labute approximate surface area is 285 Å². The van der Waals surface area contributed by atoms with Gasteiger partial charge >= 0.3 is 0 Å². The van der Waals surface area contributed by atoms with Gasteiger partial charge in [0.1, 0.15) is 24.1 Å². The molecule has 0 saturated heterocycles. The topological polar surface area (TPSA) is 204 Å². The summed E-state index contributed by atoms with van der Waals surface area (Å²) in [6.07, 6.45) is 18.2. The first-order chi connectivity index (χ1) is 24.4. The quantitative estimate of drug-likeness (QED) is 0.235. The van der Waals surface area contributed by atoms with Crippen LogP contribution in [0.25, 0.3) is 44.7 Å². The second-order valence-electron chi connectivity index (χ2n) is 10.9. The number of anilines is 1. The Hall–Kier alpha value is -7.27. The number of pyridine rings is 4. The molecule has 3 N–H and O–H groups in total. The van der Waals surface area contributed by atoms with E-state index >= 15 is 0 Å². The molecule has 14 heteroatoms. The summed E-state index contributed by atoms with van der Waals surface area (Å²) in [5.74, 6) is -0.203. The van der Waals surface area contributed by atoms with E-state index in [1.54, 1.807) is 78.7 Å². The Morgan fingerprint density at radius 3 is 2.08 bits per heavy atom. The number of carbonyl (C=O) groups is 2. The number of carbonyl (C=O) groups excluding carboxylic acids is 2. The van der Waals surface area contributed by atoms with Crippen molar-refractivity contribution < 1.29 is 9.59 Å². The van der Waals surface area contributed by atoms with E-state index in [2.05, 4.69) is 51.3 Å². The van der Waals surface area contributed by atoms with Gasteiger partial charge in [-0.05, 0) is 55.0 Å². The SMILES string of the molecule is Cc1cc(-c2c(C#N)cnc3c2ccn3CC(=O)Nc2ccc(-c3cnccn3)cn2)ccn1.NC(=O)Cc1ccc(-c2cnccn2)cn1. The Bertz CT molecular complexity index is 2300. The molecule has 0 aliphatic heterocycles. The van der Waals surface area contributed by atoms with Crippen LogP contribution in [-0.2, 0) is 22.6 Å². The van der Waals surface area contributed by atoms with Crippen molar-refractivity contribution in [1.82, 2.24) is 44.4 Å². The van der Waals surface area contributed by atoms with Crippen molar-refractivity contribution in [3.05, 3.63) is 128 Å². The number of nitrogens with one attached hydrogen (secondary N) is 1. The van der Waals surface area contributed by atoms with E-state index in [1.807, 2.05) is 37.3 Å². The lowest BCUT2D eigenvalue weighted by atomic mass is 9.99. The molecule has 0 spiro atoms. The maximum absolute atomic E-state index is 12.7. The Balaban J connectivity index is 0.000000226. The van der Waals surface area contributed by atoms with E-state index < -0.39 is 0 Å². The Morgan fingerprint density at radius 1 is 0.780 bits per heavy atom. The van der Waals surface area contributed by atoms with Gasteiger partial charge < -0.3 is 15.6 Å². The van der Waals surface area contributed by atoms with Gasteiger partial charge in [0.25, 0.3) is 0 Å². The summed E-state index contributed by atoms with van der Waals surface area (Å²) in [5.41, 5.74) is 12.4. The molecule has 7 rings (SSSR count). The third-order valence-electron chi connectivity index (χ3n) is 7.34. The highest BCUT2D eigenvalue weighted by molar-refractivity contribution is 5.97. The molecule has 0 aromatic carbocycles. The minimum Gasteiger partial charge on any atom is -0.369 e. The van der Waals surface area contributed by atoms with Gasteiger partial charge in [-0.25, -0.2) is 9.97 Å². The van der Waals surface area contributed by atoms with Crippen molar-refractivity contribution in [2.24, 2.45) is 5.73 Å². The summed E-state index contributed by atoms with van der Waals surface area (Å²) in [5, 5.41) is 13.2. The second-order valence-corrected chi connectivity index (χ2v) is 10.9. The maximum atomic E-state index is 12.7. The fourth-order valence-corrected chi connectivity index (χ4v) is 5.07. The van der Waals surface area contributed by atoms with Crippen molar-refractivity contribution in [2.75, 3.05) is 5.32 Å². The minimum absolute atomic E-state index is 0.0464. The second kappa shape index (κ2) is 15.1. The molecule has 7 aromatic heterocycles. The first kappa shape index (κ1) is 32.7. The largest absolute Gasteiger partial charge is 0.369 e. The number of rotatable bonds is 8. The number of aromatic nitrogens is 9. The fourth-order valence-electron chi connectivity index (χ4n) is 5.07. The van der Waals surface area contributed by atoms with Crippen LogP contribution >= 0.6 is 0 Å². The zero-order valence-electron chi connectivity index (χ0n) is 26.7. The average Bonchev–Trinajstić information content (AvgIpc) is 3.54. The molecule has 7 heterocycles. The van der Waals surface area contributed by atoms with Gasteiger partial charge in [0.15, 0.2) is 0 Å². The van der Waals surface area contributed by atoms with Crippen LogP contribution in [0.15, 0.2) is 111 Å². The number of hydrogen-bond acceptors (Lipinski definition) is 11. The summed E-state index contributed by atoms with van der Waals surface area (Å²) in [4.78, 5) is 56.9. The van der Waals surface area contributed by atoms with Crippen molar-refractivity contribution in [3.8, 4) is 39.7 Å². The fraction of sp³-hybridized carbons (Fsp3) is 0.0833. The van der Waals surface area contributed by atoms with Crippen LogP contribution in [0.1, 0.15) is 17.0 Å². The number of nitrogens with two attached hydrogens (primary N) is 1. The van der Waals surface area contributed by atoms with E-state index in [0.717, 1.165) is 39.0 Å². The first-order valence-corrected chi connectivity index (χ1v) is 15.2. The van der Waals surface area contributed by atoms with Crippen molar-refractivity contribution in [1.29, 1.82) is 5.26 Å². The van der Waals surface area contributed by atoms with Crippen LogP contribution in [0.4, 0.5) is 5.82 Å². The highest BCUT2D eigenvalue weighted by Crippen LogP contribution is 2.31. The normalized spacial score (nSPS) is 10.5. The number of primary amides is 1. The van der Waals surface area contributed by atoms with Crippen LogP contribution in [0, 0.1) is 18.3 Å². The summed E-state index contributed by atoms with van der Waals surface area (Å²) < 4.78 is 1.75. The predicted octanol–water partition coefficient (Wildman–Crippen LogP) is 4.34. The van der Waals surface area contributed by atoms with Gasteiger partial charge in [0, 0.05) is 89.2 Å². The lowest BCUT2D eigenvalue weighted by Gasteiger charge is -2.09. The number of hydrogen-bond donors (Lipinski definition) is 2. The van der Waals surface area contributed by atoms with Gasteiger partial charge in [-0.2, -0.15) is 5.26 Å². The van der Waals surface area contributed by atoms with Gasteiger partial charge in [0.05, 0.1) is 35.8 Å². The molecule has 0 saturated carbocycles. The molecular weight excluding hydrogens is 632 g/mol. The van der Waals surface area contributed by atoms with Crippen LogP contribution in [0.5, 0.6) is 0 Å². The highest BCUT2D eigenvalue weighted by Gasteiger charge is 2.16. The summed E-state index contributed by atoms with van der Waals surface area (Å²) in [6.45, 7) is 1.95. The molecule has 0 aliphatic carbocycles. The van der Waals surface area contributed by atoms with Crippen molar-refractivity contribution >= 4 is 28.7 Å². The number of nitriles is 1. The third-order valence-corrected chi connectivity index (χ3v) is 7.34. The smallest absolute Gasteiger partial charge is 0.245 e. The molecule has 50 heavy (non-hydrogen) atoms. The lowest BCUT2D eigenvalue weighted by molar-refractivity contribution is -0.118. The lowest BCUT2D eigenvalue weighted by Crippen LogP contribution is -2.19. The van der Waals surface area contributed by atoms with E-state index in [-0.39, 0.29) is 24.8 Å². The number of nitrogens with zero attached hydrogens (tertiary/aromatic N) is 10. The third kappa shape index (κ3) is 7.81. The van der Waals surface area contributed by atoms with Crippen molar-refractivity contribution in [2.45, 2.75) is 19.9 Å². The van der Waals surface area contributed by atoms with Gasteiger partial charge in [0.2, 0.25) is 11.8 Å². The molecule has 0 unspecified atom stereocenters. The van der Waals surface area contributed by atoms with Gasteiger partial charge in [-0.3, -0.25) is 39.5 Å². The predicted molar refractivity (Wildman–Crippen MR) is 184 cm³/mol. The molecule has 244 valence electrons. The van der Waals surface area contributed by atoms with Crippen molar-refractivity contribution in [3.63, 3.8) is 0 Å². The molecule has 2 amide bonds. The standard InChI is InChI=1S/C25H18N8O.C11H10N4O/c1-16-10-17(4-6-28-16)24-19(11-26)13-31-25-20(24)5-9-33(25)15-23(34)32-22-3-2-18(12-30-22)21-14-27-7-8-29-21;12-11(16)5-9-2-1-8(6-15-9)10-7-13-3-4-14-10/h2-10,12-14H,15H2,1H3,(H,30,32,34);1-4,6-7H,5H2,(H2,12,16). The molecule has 0 radical (unpaired) electrons.